The van der Waals surface area contributed by atoms with Gasteiger partial charge in [-0.1, -0.05) is 23.8 Å². The van der Waals surface area contributed by atoms with E-state index in [0.717, 1.165) is 11.1 Å². The lowest BCUT2D eigenvalue weighted by atomic mass is 9.93. The van der Waals surface area contributed by atoms with Gasteiger partial charge in [-0.3, -0.25) is 4.79 Å². The number of likely N-dealkylation sites (N-methyl/N-ethyl adjacent to an activating group) is 1. The van der Waals surface area contributed by atoms with Crippen LogP contribution in [0.4, 0.5) is 0 Å². The SMILES string of the molecule is CNC(C)(C)C(=O)c1cccc(C)c1. The van der Waals surface area contributed by atoms with Crippen molar-refractivity contribution < 1.29 is 4.79 Å². The zero-order valence-corrected chi connectivity index (χ0v) is 9.22. The van der Waals surface area contributed by atoms with Crippen molar-refractivity contribution in [3.05, 3.63) is 35.4 Å². The van der Waals surface area contributed by atoms with E-state index in [2.05, 4.69) is 5.32 Å². The fraction of sp³-hybridized carbons (Fsp3) is 0.417. The summed E-state index contributed by atoms with van der Waals surface area (Å²) >= 11 is 0. The first-order chi connectivity index (χ1) is 6.47. The molecule has 0 unspecified atom stereocenters. The van der Waals surface area contributed by atoms with E-state index in [1.807, 2.05) is 45.0 Å². The van der Waals surface area contributed by atoms with E-state index in [4.69, 9.17) is 0 Å². The lowest BCUT2D eigenvalue weighted by Gasteiger charge is -2.22. The third kappa shape index (κ3) is 2.20. The number of aryl methyl sites for hydroxylation is 1. The van der Waals surface area contributed by atoms with Crippen LogP contribution in [0.2, 0.25) is 0 Å². The van der Waals surface area contributed by atoms with Gasteiger partial charge in [-0.15, -0.1) is 0 Å². The Hall–Kier alpha value is -1.15. The molecule has 0 saturated carbocycles. The molecule has 14 heavy (non-hydrogen) atoms. The van der Waals surface area contributed by atoms with Crippen LogP contribution < -0.4 is 5.32 Å². The Kier molecular flexibility index (Phi) is 3.06. The number of rotatable bonds is 3. The first kappa shape index (κ1) is 10.9. The van der Waals surface area contributed by atoms with Gasteiger partial charge in [-0.2, -0.15) is 0 Å². The van der Waals surface area contributed by atoms with Crippen molar-refractivity contribution >= 4 is 5.78 Å². The van der Waals surface area contributed by atoms with Crippen LogP contribution in [0.25, 0.3) is 0 Å². The molecule has 0 amide bonds. The number of ketones is 1. The van der Waals surface area contributed by atoms with Crippen molar-refractivity contribution in [1.29, 1.82) is 0 Å². The summed E-state index contributed by atoms with van der Waals surface area (Å²) in [5.74, 6) is 0.128. The number of benzene rings is 1. The molecule has 0 heterocycles. The van der Waals surface area contributed by atoms with E-state index in [1.165, 1.54) is 0 Å². The van der Waals surface area contributed by atoms with Crippen LogP contribution in [0.3, 0.4) is 0 Å². The van der Waals surface area contributed by atoms with Crippen LogP contribution in [-0.2, 0) is 0 Å². The van der Waals surface area contributed by atoms with Gasteiger partial charge in [-0.05, 0) is 33.9 Å². The van der Waals surface area contributed by atoms with Crippen molar-refractivity contribution in [2.45, 2.75) is 26.3 Å². The predicted molar refractivity (Wildman–Crippen MR) is 58.6 cm³/mol. The molecular weight excluding hydrogens is 174 g/mol. The molecule has 0 aliphatic carbocycles. The molecule has 76 valence electrons. The fourth-order valence-corrected chi connectivity index (χ4v) is 1.26. The van der Waals surface area contributed by atoms with E-state index in [9.17, 15) is 4.79 Å². The number of nitrogens with one attached hydrogen (secondary N) is 1. The van der Waals surface area contributed by atoms with E-state index in [0.29, 0.717) is 0 Å². The van der Waals surface area contributed by atoms with Gasteiger partial charge in [0, 0.05) is 5.56 Å². The minimum atomic E-state index is -0.492. The van der Waals surface area contributed by atoms with Crippen molar-refractivity contribution in [2.24, 2.45) is 0 Å². The lowest BCUT2D eigenvalue weighted by molar-refractivity contribution is 0.0889. The van der Waals surface area contributed by atoms with E-state index < -0.39 is 5.54 Å². The molecule has 0 aliphatic rings. The Morgan fingerprint density at radius 1 is 1.36 bits per heavy atom. The number of Topliss-reactive ketones (excluding diaryl/α,β-unsaturated/α-hetero) is 1. The van der Waals surface area contributed by atoms with Crippen molar-refractivity contribution in [3.8, 4) is 0 Å². The normalized spacial score (nSPS) is 11.4. The summed E-state index contributed by atoms with van der Waals surface area (Å²) in [6.45, 7) is 5.76. The molecule has 0 aliphatic heterocycles. The van der Waals surface area contributed by atoms with E-state index in [1.54, 1.807) is 7.05 Å². The molecule has 1 N–H and O–H groups in total. The molecule has 0 aromatic heterocycles. The summed E-state index contributed by atoms with van der Waals surface area (Å²) in [4.78, 5) is 12.0. The van der Waals surface area contributed by atoms with Crippen LogP contribution in [0.15, 0.2) is 24.3 Å². The molecule has 0 bridgehead atoms. The average Bonchev–Trinajstić information content (AvgIpc) is 2.16. The van der Waals surface area contributed by atoms with Gasteiger partial charge in [0.25, 0.3) is 0 Å². The highest BCUT2D eigenvalue weighted by atomic mass is 16.1. The van der Waals surface area contributed by atoms with Crippen LogP contribution >= 0.6 is 0 Å². The Bertz CT molecular complexity index is 342. The van der Waals surface area contributed by atoms with E-state index >= 15 is 0 Å². The van der Waals surface area contributed by atoms with Gasteiger partial charge in [-0.25, -0.2) is 0 Å². The first-order valence-corrected chi connectivity index (χ1v) is 4.78. The van der Waals surface area contributed by atoms with Gasteiger partial charge >= 0.3 is 0 Å². The molecule has 1 rings (SSSR count). The molecule has 0 radical (unpaired) electrons. The minimum Gasteiger partial charge on any atom is -0.308 e. The van der Waals surface area contributed by atoms with Gasteiger partial charge in [0.2, 0.25) is 0 Å². The first-order valence-electron chi connectivity index (χ1n) is 4.78. The number of hydrogen-bond acceptors (Lipinski definition) is 2. The predicted octanol–water partition coefficient (Wildman–Crippen LogP) is 2.18. The monoisotopic (exact) mass is 191 g/mol. The molecule has 0 fully saturated rings. The molecule has 0 atom stereocenters. The molecule has 2 heteroatoms. The summed E-state index contributed by atoms with van der Waals surface area (Å²) in [7, 11) is 1.80. The Morgan fingerprint density at radius 2 is 2.00 bits per heavy atom. The minimum absolute atomic E-state index is 0.128. The summed E-state index contributed by atoms with van der Waals surface area (Å²) < 4.78 is 0. The highest BCUT2D eigenvalue weighted by Gasteiger charge is 2.26. The molecule has 1 aromatic rings. The summed E-state index contributed by atoms with van der Waals surface area (Å²) in [5, 5.41) is 3.01. The maximum atomic E-state index is 12.0. The quantitative estimate of drug-likeness (QED) is 0.742. The van der Waals surface area contributed by atoms with Crippen molar-refractivity contribution in [3.63, 3.8) is 0 Å². The van der Waals surface area contributed by atoms with Gasteiger partial charge < -0.3 is 5.32 Å². The Morgan fingerprint density at radius 3 is 2.50 bits per heavy atom. The van der Waals surface area contributed by atoms with Crippen molar-refractivity contribution in [1.82, 2.24) is 5.32 Å². The van der Waals surface area contributed by atoms with Crippen LogP contribution in [-0.4, -0.2) is 18.4 Å². The molecule has 2 nitrogen and oxygen atoms in total. The number of carbonyl (C=O) groups excluding carboxylic acids is 1. The van der Waals surface area contributed by atoms with E-state index in [-0.39, 0.29) is 5.78 Å². The fourth-order valence-electron chi connectivity index (χ4n) is 1.26. The second-order valence-electron chi connectivity index (χ2n) is 4.07. The molecule has 0 saturated heterocycles. The highest BCUT2D eigenvalue weighted by Crippen LogP contribution is 2.13. The number of hydrogen-bond donors (Lipinski definition) is 1. The standard InChI is InChI=1S/C12H17NO/c1-9-6-5-7-10(8-9)11(14)12(2,3)13-4/h5-8,13H,1-4H3. The third-order valence-corrected chi connectivity index (χ3v) is 2.47. The van der Waals surface area contributed by atoms with Gasteiger partial charge in [0.05, 0.1) is 5.54 Å². The largest absolute Gasteiger partial charge is 0.308 e. The summed E-state index contributed by atoms with van der Waals surface area (Å²) in [6.07, 6.45) is 0. The Balaban J connectivity index is 3.01. The smallest absolute Gasteiger partial charge is 0.182 e. The second kappa shape index (κ2) is 3.93. The maximum absolute atomic E-state index is 12.0. The summed E-state index contributed by atoms with van der Waals surface area (Å²) in [5.41, 5.74) is 1.39. The zero-order valence-electron chi connectivity index (χ0n) is 9.22. The van der Waals surface area contributed by atoms with Crippen LogP contribution in [0, 0.1) is 6.92 Å². The molecule has 0 spiro atoms. The average molecular weight is 191 g/mol. The summed E-state index contributed by atoms with van der Waals surface area (Å²) in [6, 6.07) is 7.67. The Labute approximate surface area is 85.3 Å². The third-order valence-electron chi connectivity index (χ3n) is 2.47. The number of carbonyl (C=O) groups is 1. The zero-order chi connectivity index (χ0) is 10.8. The topological polar surface area (TPSA) is 29.1 Å². The van der Waals surface area contributed by atoms with Crippen molar-refractivity contribution in [2.75, 3.05) is 7.05 Å². The molecular formula is C12H17NO. The lowest BCUT2D eigenvalue weighted by Crippen LogP contribution is -2.44. The molecule has 1 aromatic carbocycles. The maximum Gasteiger partial charge on any atom is 0.182 e. The highest BCUT2D eigenvalue weighted by molar-refractivity contribution is 6.02. The van der Waals surface area contributed by atoms with Crippen LogP contribution in [0.5, 0.6) is 0 Å². The van der Waals surface area contributed by atoms with Crippen LogP contribution in [0.1, 0.15) is 29.8 Å². The van der Waals surface area contributed by atoms with Gasteiger partial charge in [0.1, 0.15) is 0 Å². The second-order valence-corrected chi connectivity index (χ2v) is 4.07. The van der Waals surface area contributed by atoms with Gasteiger partial charge in [0.15, 0.2) is 5.78 Å².